The molecule has 0 saturated carbocycles. The van der Waals surface area contributed by atoms with E-state index >= 15 is 0 Å². The normalized spacial score (nSPS) is 18.1. The molecule has 1 fully saturated rings. The molecule has 0 bridgehead atoms. The Morgan fingerprint density at radius 3 is 2.68 bits per heavy atom. The SMILES string of the molecule is CCc1cc(C(=O)N2CCO[C@H](c3nnc(C(C)C)o3)C2)oc1CC. The highest BCUT2D eigenvalue weighted by Gasteiger charge is 2.31. The molecule has 2 aromatic rings. The minimum atomic E-state index is -0.399. The van der Waals surface area contributed by atoms with Crippen LogP contribution in [0.15, 0.2) is 14.9 Å². The van der Waals surface area contributed by atoms with Gasteiger partial charge in [-0.3, -0.25) is 4.79 Å². The summed E-state index contributed by atoms with van der Waals surface area (Å²) in [7, 11) is 0. The number of nitrogens with zero attached hydrogens (tertiary/aromatic N) is 3. The van der Waals surface area contributed by atoms with E-state index in [0.717, 1.165) is 24.2 Å². The Labute approximate surface area is 147 Å². The molecule has 25 heavy (non-hydrogen) atoms. The van der Waals surface area contributed by atoms with Crippen molar-refractivity contribution in [2.75, 3.05) is 19.7 Å². The molecule has 7 nitrogen and oxygen atoms in total. The van der Waals surface area contributed by atoms with E-state index in [1.807, 2.05) is 26.8 Å². The Balaban J connectivity index is 1.74. The molecule has 1 aliphatic heterocycles. The molecule has 0 N–H and O–H groups in total. The van der Waals surface area contributed by atoms with Gasteiger partial charge in [0, 0.05) is 18.9 Å². The molecule has 0 aliphatic carbocycles. The highest BCUT2D eigenvalue weighted by atomic mass is 16.5. The van der Waals surface area contributed by atoms with Crippen LogP contribution in [0.25, 0.3) is 0 Å². The van der Waals surface area contributed by atoms with Crippen LogP contribution in [0.2, 0.25) is 0 Å². The predicted molar refractivity (Wildman–Crippen MR) is 90.4 cm³/mol. The molecular formula is C18H25N3O4. The topological polar surface area (TPSA) is 81.6 Å². The maximum atomic E-state index is 12.8. The van der Waals surface area contributed by atoms with Crippen molar-refractivity contribution >= 4 is 5.91 Å². The van der Waals surface area contributed by atoms with Gasteiger partial charge < -0.3 is 18.5 Å². The van der Waals surface area contributed by atoms with Crippen molar-refractivity contribution in [2.24, 2.45) is 0 Å². The first-order chi connectivity index (χ1) is 12.0. The fourth-order valence-electron chi connectivity index (χ4n) is 2.92. The number of ether oxygens (including phenoxy) is 1. The van der Waals surface area contributed by atoms with Crippen LogP contribution in [0, 0.1) is 0 Å². The van der Waals surface area contributed by atoms with Gasteiger partial charge in [0.15, 0.2) is 11.9 Å². The number of aromatic nitrogens is 2. The third kappa shape index (κ3) is 3.61. The number of hydrogen-bond acceptors (Lipinski definition) is 6. The number of hydrogen-bond donors (Lipinski definition) is 0. The lowest BCUT2D eigenvalue weighted by Gasteiger charge is -2.30. The van der Waals surface area contributed by atoms with Crippen molar-refractivity contribution in [3.63, 3.8) is 0 Å². The van der Waals surface area contributed by atoms with Gasteiger partial charge >= 0.3 is 0 Å². The van der Waals surface area contributed by atoms with Crippen molar-refractivity contribution < 1.29 is 18.4 Å². The van der Waals surface area contributed by atoms with E-state index in [2.05, 4.69) is 17.1 Å². The second kappa shape index (κ2) is 7.39. The van der Waals surface area contributed by atoms with Gasteiger partial charge in [0.25, 0.3) is 5.91 Å². The highest BCUT2D eigenvalue weighted by Crippen LogP contribution is 2.25. The third-order valence-electron chi connectivity index (χ3n) is 4.39. The minimum Gasteiger partial charge on any atom is -0.456 e. The standard InChI is InChI=1S/C18H25N3O4/c1-5-12-9-14(24-13(12)6-2)18(22)21-7-8-23-15(10-21)17-20-19-16(25-17)11(3)4/h9,11,15H,5-8,10H2,1-4H3/t15-/m0/s1. The largest absolute Gasteiger partial charge is 0.456 e. The number of carbonyl (C=O) groups is 1. The van der Waals surface area contributed by atoms with Gasteiger partial charge in [-0.25, -0.2) is 0 Å². The van der Waals surface area contributed by atoms with E-state index in [9.17, 15) is 4.79 Å². The van der Waals surface area contributed by atoms with E-state index in [1.54, 1.807) is 4.90 Å². The molecule has 1 atom stereocenters. The number of rotatable bonds is 5. The number of morpholine rings is 1. The molecule has 3 rings (SSSR count). The second-order valence-corrected chi connectivity index (χ2v) is 6.51. The summed E-state index contributed by atoms with van der Waals surface area (Å²) in [5.41, 5.74) is 1.09. The first kappa shape index (κ1) is 17.7. The summed E-state index contributed by atoms with van der Waals surface area (Å²) in [6.07, 6.45) is 1.23. The molecule has 0 aromatic carbocycles. The van der Waals surface area contributed by atoms with Crippen molar-refractivity contribution in [1.82, 2.24) is 15.1 Å². The summed E-state index contributed by atoms with van der Waals surface area (Å²) in [4.78, 5) is 14.5. The van der Waals surface area contributed by atoms with Crippen LogP contribution in [-0.4, -0.2) is 40.7 Å². The molecule has 7 heteroatoms. The maximum absolute atomic E-state index is 12.8. The summed E-state index contributed by atoms with van der Waals surface area (Å²) in [6, 6.07) is 1.86. The number of furan rings is 1. The maximum Gasteiger partial charge on any atom is 0.289 e. The lowest BCUT2D eigenvalue weighted by atomic mass is 10.1. The van der Waals surface area contributed by atoms with Crippen molar-refractivity contribution in [3.05, 3.63) is 34.9 Å². The summed E-state index contributed by atoms with van der Waals surface area (Å²) in [5.74, 6) is 2.31. The molecule has 136 valence electrons. The van der Waals surface area contributed by atoms with Gasteiger partial charge in [-0.1, -0.05) is 27.7 Å². The summed E-state index contributed by atoms with van der Waals surface area (Å²) in [6.45, 7) is 9.39. The van der Waals surface area contributed by atoms with Crippen molar-refractivity contribution in [3.8, 4) is 0 Å². The van der Waals surface area contributed by atoms with E-state index in [-0.39, 0.29) is 11.8 Å². The minimum absolute atomic E-state index is 0.119. The molecule has 1 saturated heterocycles. The van der Waals surface area contributed by atoms with E-state index in [1.165, 1.54) is 0 Å². The van der Waals surface area contributed by atoms with Crippen LogP contribution in [0.4, 0.5) is 0 Å². The van der Waals surface area contributed by atoms with Crippen molar-refractivity contribution in [2.45, 2.75) is 52.6 Å². The highest BCUT2D eigenvalue weighted by molar-refractivity contribution is 5.92. The molecule has 0 spiro atoms. The molecule has 3 heterocycles. The Hall–Kier alpha value is -2.15. The molecular weight excluding hydrogens is 322 g/mol. The van der Waals surface area contributed by atoms with Gasteiger partial charge in [-0.15, -0.1) is 10.2 Å². The Bertz CT molecular complexity index is 713. The van der Waals surface area contributed by atoms with Crippen LogP contribution in [0.1, 0.15) is 73.4 Å². The Kier molecular flexibility index (Phi) is 5.22. The first-order valence-electron chi connectivity index (χ1n) is 8.89. The molecule has 1 aliphatic rings. The van der Waals surface area contributed by atoms with Crippen LogP contribution >= 0.6 is 0 Å². The zero-order valence-electron chi connectivity index (χ0n) is 15.2. The number of aryl methyl sites for hydroxylation is 2. The van der Waals surface area contributed by atoms with Gasteiger partial charge in [0.2, 0.25) is 11.8 Å². The quantitative estimate of drug-likeness (QED) is 0.826. The molecule has 2 aromatic heterocycles. The number of amides is 1. The average Bonchev–Trinajstić information content (AvgIpc) is 3.28. The summed E-state index contributed by atoms with van der Waals surface area (Å²) in [5, 5.41) is 8.11. The summed E-state index contributed by atoms with van der Waals surface area (Å²) < 4.78 is 17.2. The van der Waals surface area contributed by atoms with E-state index < -0.39 is 6.10 Å². The summed E-state index contributed by atoms with van der Waals surface area (Å²) >= 11 is 0. The first-order valence-corrected chi connectivity index (χ1v) is 8.89. The lowest BCUT2D eigenvalue weighted by molar-refractivity contribution is -0.0359. The molecule has 0 unspecified atom stereocenters. The Morgan fingerprint density at radius 2 is 2.08 bits per heavy atom. The van der Waals surface area contributed by atoms with Gasteiger partial charge in [0.05, 0.1) is 13.2 Å². The van der Waals surface area contributed by atoms with E-state index in [4.69, 9.17) is 13.6 Å². The zero-order valence-corrected chi connectivity index (χ0v) is 15.2. The third-order valence-corrected chi connectivity index (χ3v) is 4.39. The number of carbonyl (C=O) groups excluding carboxylic acids is 1. The van der Waals surface area contributed by atoms with Crippen LogP contribution in [0.5, 0.6) is 0 Å². The fraction of sp³-hybridized carbons (Fsp3) is 0.611. The zero-order chi connectivity index (χ0) is 18.0. The van der Waals surface area contributed by atoms with Crippen LogP contribution in [-0.2, 0) is 17.6 Å². The second-order valence-electron chi connectivity index (χ2n) is 6.51. The van der Waals surface area contributed by atoms with Crippen LogP contribution < -0.4 is 0 Å². The van der Waals surface area contributed by atoms with Crippen molar-refractivity contribution in [1.29, 1.82) is 0 Å². The van der Waals surface area contributed by atoms with E-state index in [0.29, 0.717) is 37.2 Å². The van der Waals surface area contributed by atoms with Gasteiger partial charge in [0.1, 0.15) is 5.76 Å². The van der Waals surface area contributed by atoms with Gasteiger partial charge in [-0.2, -0.15) is 0 Å². The monoisotopic (exact) mass is 347 g/mol. The molecule has 1 amide bonds. The Morgan fingerprint density at radius 1 is 1.28 bits per heavy atom. The fourth-order valence-corrected chi connectivity index (χ4v) is 2.92. The lowest BCUT2D eigenvalue weighted by Crippen LogP contribution is -2.42. The van der Waals surface area contributed by atoms with Crippen LogP contribution in [0.3, 0.4) is 0 Å². The molecule has 0 radical (unpaired) electrons. The predicted octanol–water partition coefficient (Wildman–Crippen LogP) is 3.12. The smallest absolute Gasteiger partial charge is 0.289 e. The average molecular weight is 347 g/mol. The van der Waals surface area contributed by atoms with Gasteiger partial charge in [-0.05, 0) is 18.1 Å².